The molecule has 4 saturated carbocycles. The Bertz CT molecular complexity index is 320. The second kappa shape index (κ2) is 4.20. The molecule has 4 aliphatic rings. The highest BCUT2D eigenvalue weighted by Gasteiger charge is 2.54. The van der Waals surface area contributed by atoms with E-state index in [4.69, 9.17) is 0 Å². The van der Waals surface area contributed by atoms with Crippen molar-refractivity contribution in [2.24, 2.45) is 17.8 Å². The normalized spacial score (nSPS) is 43.4. The Balaban J connectivity index is 1.84. The molecule has 18 heavy (non-hydrogen) atoms. The van der Waals surface area contributed by atoms with E-state index in [9.17, 15) is 15.0 Å². The van der Waals surface area contributed by atoms with Crippen molar-refractivity contribution in [3.63, 3.8) is 0 Å². The van der Waals surface area contributed by atoms with Crippen LogP contribution >= 0.6 is 0 Å². The summed E-state index contributed by atoms with van der Waals surface area (Å²) in [7, 11) is 1.90. The minimum absolute atomic E-state index is 0.0561. The number of nitrogens with zero attached hydrogens (tertiary/aromatic N) is 1. The predicted molar refractivity (Wildman–Crippen MR) is 67.2 cm³/mol. The van der Waals surface area contributed by atoms with Crippen molar-refractivity contribution in [3.8, 4) is 0 Å². The van der Waals surface area contributed by atoms with Crippen LogP contribution in [0.1, 0.15) is 38.5 Å². The lowest BCUT2D eigenvalue weighted by molar-refractivity contribution is -0.155. The lowest BCUT2D eigenvalue weighted by Crippen LogP contribution is -2.63. The Morgan fingerprint density at radius 3 is 2.00 bits per heavy atom. The molecule has 4 fully saturated rings. The minimum atomic E-state index is -0.893. The predicted octanol–water partition coefficient (Wildman–Crippen LogP) is 1.33. The van der Waals surface area contributed by atoms with Gasteiger partial charge in [-0.15, -0.1) is 0 Å². The van der Waals surface area contributed by atoms with Crippen molar-refractivity contribution in [2.75, 3.05) is 13.7 Å². The monoisotopic (exact) mass is 253 g/mol. The number of likely N-dealkylation sites (N-methyl/N-ethyl adjacent to an activating group) is 1. The van der Waals surface area contributed by atoms with Gasteiger partial charge in [0.15, 0.2) is 0 Å². The SMILES string of the molecule is CN(C(CO)C(=O)O)C12CC3CC(CC(C3)C1)C2. The number of aliphatic hydroxyl groups excluding tert-OH is 1. The second-order valence-corrected chi connectivity index (χ2v) is 6.79. The van der Waals surface area contributed by atoms with Crippen molar-refractivity contribution in [3.05, 3.63) is 0 Å². The number of carboxylic acids is 1. The molecule has 4 bridgehead atoms. The number of carbonyl (C=O) groups is 1. The van der Waals surface area contributed by atoms with Crippen LogP contribution in [0, 0.1) is 17.8 Å². The minimum Gasteiger partial charge on any atom is -0.480 e. The third-order valence-corrected chi connectivity index (χ3v) is 5.68. The third-order valence-electron chi connectivity index (χ3n) is 5.68. The smallest absolute Gasteiger partial charge is 0.323 e. The Morgan fingerprint density at radius 2 is 1.67 bits per heavy atom. The van der Waals surface area contributed by atoms with Gasteiger partial charge < -0.3 is 10.2 Å². The molecule has 0 aliphatic heterocycles. The average molecular weight is 253 g/mol. The van der Waals surface area contributed by atoms with E-state index in [1.165, 1.54) is 19.3 Å². The highest BCUT2D eigenvalue weighted by Crippen LogP contribution is 2.57. The fourth-order valence-electron chi connectivity index (χ4n) is 5.19. The molecule has 1 atom stereocenters. The summed E-state index contributed by atoms with van der Waals surface area (Å²) in [5, 5.41) is 18.6. The van der Waals surface area contributed by atoms with Crippen LogP contribution in [0.4, 0.5) is 0 Å². The summed E-state index contributed by atoms with van der Waals surface area (Å²) in [4.78, 5) is 13.2. The molecule has 4 heteroatoms. The zero-order chi connectivity index (χ0) is 12.9. The Labute approximate surface area is 108 Å². The summed E-state index contributed by atoms with van der Waals surface area (Å²) in [6.07, 6.45) is 7.47. The number of hydrogen-bond acceptors (Lipinski definition) is 3. The maximum atomic E-state index is 11.3. The second-order valence-electron chi connectivity index (χ2n) is 6.79. The summed E-state index contributed by atoms with van der Waals surface area (Å²) in [5.41, 5.74) is 0.0561. The van der Waals surface area contributed by atoms with Crippen LogP contribution in [0.15, 0.2) is 0 Å². The molecule has 0 amide bonds. The van der Waals surface area contributed by atoms with E-state index in [0.29, 0.717) is 0 Å². The molecule has 0 aromatic heterocycles. The van der Waals surface area contributed by atoms with Gasteiger partial charge in [0, 0.05) is 5.54 Å². The molecule has 0 aromatic carbocycles. The molecule has 4 rings (SSSR count). The topological polar surface area (TPSA) is 60.8 Å². The first-order chi connectivity index (χ1) is 8.54. The number of aliphatic hydroxyl groups is 1. The molecule has 4 aliphatic carbocycles. The molecular weight excluding hydrogens is 230 g/mol. The zero-order valence-electron chi connectivity index (χ0n) is 11.0. The number of rotatable bonds is 4. The first kappa shape index (κ1) is 12.4. The summed E-state index contributed by atoms with van der Waals surface area (Å²) in [6.45, 7) is -0.284. The molecular formula is C14H23NO3. The van der Waals surface area contributed by atoms with Gasteiger partial charge in [-0.2, -0.15) is 0 Å². The molecule has 4 nitrogen and oxygen atoms in total. The standard InChI is InChI=1S/C14H23NO3/c1-15(12(8-16)13(17)18)14-5-9-2-10(6-14)4-11(3-9)7-14/h9-12,16H,2-8H2,1H3,(H,17,18). The maximum Gasteiger partial charge on any atom is 0.323 e. The van der Waals surface area contributed by atoms with Gasteiger partial charge in [-0.1, -0.05) is 0 Å². The summed E-state index contributed by atoms with van der Waals surface area (Å²) < 4.78 is 0. The largest absolute Gasteiger partial charge is 0.480 e. The third kappa shape index (κ3) is 1.77. The van der Waals surface area contributed by atoms with Crippen molar-refractivity contribution >= 4 is 5.97 Å². The number of hydrogen-bond donors (Lipinski definition) is 2. The van der Waals surface area contributed by atoms with Gasteiger partial charge in [-0.3, -0.25) is 9.69 Å². The van der Waals surface area contributed by atoms with E-state index in [0.717, 1.165) is 37.0 Å². The molecule has 0 saturated heterocycles. The van der Waals surface area contributed by atoms with Crippen LogP contribution < -0.4 is 0 Å². The summed E-state index contributed by atoms with van der Waals surface area (Å²) in [5.74, 6) is 1.50. The molecule has 0 aromatic rings. The van der Waals surface area contributed by atoms with Gasteiger partial charge >= 0.3 is 5.97 Å². The van der Waals surface area contributed by atoms with Crippen LogP contribution in [0.25, 0.3) is 0 Å². The van der Waals surface area contributed by atoms with Crippen LogP contribution in [0.2, 0.25) is 0 Å². The van der Waals surface area contributed by atoms with E-state index in [1.807, 2.05) is 11.9 Å². The first-order valence-corrected chi connectivity index (χ1v) is 7.10. The van der Waals surface area contributed by atoms with Crippen LogP contribution in [-0.2, 0) is 4.79 Å². The summed E-state index contributed by atoms with van der Waals surface area (Å²) >= 11 is 0. The molecule has 2 N–H and O–H groups in total. The quantitative estimate of drug-likeness (QED) is 0.793. The molecule has 0 heterocycles. The maximum absolute atomic E-state index is 11.3. The van der Waals surface area contributed by atoms with Crippen LogP contribution in [0.3, 0.4) is 0 Å². The van der Waals surface area contributed by atoms with E-state index in [-0.39, 0.29) is 12.1 Å². The van der Waals surface area contributed by atoms with E-state index >= 15 is 0 Å². The first-order valence-electron chi connectivity index (χ1n) is 7.10. The van der Waals surface area contributed by atoms with Gasteiger partial charge in [-0.05, 0) is 63.3 Å². The van der Waals surface area contributed by atoms with Crippen molar-refractivity contribution in [1.29, 1.82) is 0 Å². The Kier molecular flexibility index (Phi) is 2.90. The molecule has 1 unspecified atom stereocenters. The lowest BCUT2D eigenvalue weighted by atomic mass is 9.52. The highest BCUT2D eigenvalue weighted by molar-refractivity contribution is 5.73. The molecule has 0 spiro atoms. The summed E-state index contributed by atoms with van der Waals surface area (Å²) in [6, 6.07) is -0.735. The van der Waals surface area contributed by atoms with Crippen LogP contribution in [0.5, 0.6) is 0 Å². The van der Waals surface area contributed by atoms with E-state index < -0.39 is 12.0 Å². The Hall–Kier alpha value is -0.610. The van der Waals surface area contributed by atoms with Crippen molar-refractivity contribution in [2.45, 2.75) is 50.1 Å². The number of carboxylic acid groups (broad SMARTS) is 1. The van der Waals surface area contributed by atoms with Gasteiger partial charge in [0.1, 0.15) is 6.04 Å². The molecule has 102 valence electrons. The van der Waals surface area contributed by atoms with Crippen molar-refractivity contribution in [1.82, 2.24) is 4.90 Å². The van der Waals surface area contributed by atoms with E-state index in [2.05, 4.69) is 0 Å². The Morgan fingerprint density at radius 1 is 1.22 bits per heavy atom. The fraction of sp³-hybridized carbons (Fsp3) is 0.929. The number of aliphatic carboxylic acids is 1. The van der Waals surface area contributed by atoms with Crippen LogP contribution in [-0.4, -0.2) is 46.3 Å². The van der Waals surface area contributed by atoms with Gasteiger partial charge in [-0.25, -0.2) is 0 Å². The van der Waals surface area contributed by atoms with E-state index in [1.54, 1.807) is 0 Å². The molecule has 0 radical (unpaired) electrons. The van der Waals surface area contributed by atoms with Gasteiger partial charge in [0.25, 0.3) is 0 Å². The lowest BCUT2D eigenvalue weighted by Gasteiger charge is -2.60. The zero-order valence-corrected chi connectivity index (χ0v) is 11.0. The van der Waals surface area contributed by atoms with Gasteiger partial charge in [0.05, 0.1) is 6.61 Å². The highest BCUT2D eigenvalue weighted by atomic mass is 16.4. The average Bonchev–Trinajstić information content (AvgIpc) is 2.27. The van der Waals surface area contributed by atoms with Gasteiger partial charge in [0.2, 0.25) is 0 Å². The van der Waals surface area contributed by atoms with Crippen molar-refractivity contribution < 1.29 is 15.0 Å². The fourth-order valence-corrected chi connectivity index (χ4v) is 5.19.